The first-order valence-corrected chi connectivity index (χ1v) is 9.09. The van der Waals surface area contributed by atoms with Crippen LogP contribution in [0.5, 0.6) is 0 Å². The van der Waals surface area contributed by atoms with Gasteiger partial charge in [-0.3, -0.25) is 4.98 Å². The van der Waals surface area contributed by atoms with Crippen LogP contribution in [0.1, 0.15) is 5.69 Å². The van der Waals surface area contributed by atoms with Crippen LogP contribution in [0.2, 0.25) is 0 Å². The number of hydrogen-bond donors (Lipinski definition) is 0. The number of benzene rings is 1. The van der Waals surface area contributed by atoms with Gasteiger partial charge in [-0.2, -0.15) is 4.68 Å². The van der Waals surface area contributed by atoms with Gasteiger partial charge >= 0.3 is 0 Å². The number of rotatable bonds is 5. The van der Waals surface area contributed by atoms with Crippen LogP contribution >= 0.6 is 23.1 Å². The van der Waals surface area contributed by atoms with Gasteiger partial charge in [-0.25, -0.2) is 4.98 Å². The summed E-state index contributed by atoms with van der Waals surface area (Å²) in [6.07, 6.45) is 1.78. The summed E-state index contributed by atoms with van der Waals surface area (Å²) in [6.45, 7) is 0. The lowest BCUT2D eigenvalue weighted by Crippen LogP contribution is -1.98. The Bertz CT molecular complexity index is 920. The zero-order valence-corrected chi connectivity index (χ0v) is 14.1. The van der Waals surface area contributed by atoms with Gasteiger partial charge in [-0.1, -0.05) is 36.0 Å². The summed E-state index contributed by atoms with van der Waals surface area (Å²) in [5.74, 6) is 0.705. The number of para-hydroxylation sites is 1. The summed E-state index contributed by atoms with van der Waals surface area (Å²) in [7, 11) is 0. The Kier molecular flexibility index (Phi) is 4.30. The highest BCUT2D eigenvalue weighted by atomic mass is 32.2. The molecule has 0 radical (unpaired) electrons. The van der Waals surface area contributed by atoms with Crippen molar-refractivity contribution in [3.05, 3.63) is 65.8 Å². The molecule has 3 aromatic heterocycles. The second-order valence-corrected chi connectivity index (χ2v) is 6.66. The lowest BCUT2D eigenvalue weighted by atomic mass is 10.3. The van der Waals surface area contributed by atoms with Crippen LogP contribution in [-0.4, -0.2) is 30.2 Å². The Labute approximate surface area is 146 Å². The smallest absolute Gasteiger partial charge is 0.214 e. The molecule has 0 fully saturated rings. The van der Waals surface area contributed by atoms with Crippen LogP contribution in [0.4, 0.5) is 0 Å². The maximum atomic E-state index is 4.64. The minimum absolute atomic E-state index is 0.705. The van der Waals surface area contributed by atoms with E-state index in [1.165, 1.54) is 0 Å². The fraction of sp³-hybridized carbons (Fsp3) is 0.0625. The van der Waals surface area contributed by atoms with Gasteiger partial charge in [-0.05, 0) is 34.7 Å². The van der Waals surface area contributed by atoms with Crippen molar-refractivity contribution >= 4 is 23.1 Å². The molecular weight excluding hydrogens is 340 g/mol. The maximum absolute atomic E-state index is 4.64. The third-order valence-electron chi connectivity index (χ3n) is 3.23. The molecule has 0 aliphatic carbocycles. The topological polar surface area (TPSA) is 69.4 Å². The lowest BCUT2D eigenvalue weighted by Gasteiger charge is -2.02. The first-order chi connectivity index (χ1) is 11.9. The summed E-state index contributed by atoms with van der Waals surface area (Å²) < 4.78 is 1.73. The first-order valence-electron chi connectivity index (χ1n) is 7.22. The Morgan fingerprint density at radius 2 is 1.92 bits per heavy atom. The highest BCUT2D eigenvalue weighted by Gasteiger charge is 2.11. The van der Waals surface area contributed by atoms with E-state index in [4.69, 9.17) is 0 Å². The van der Waals surface area contributed by atoms with Crippen molar-refractivity contribution in [1.29, 1.82) is 0 Å². The van der Waals surface area contributed by atoms with E-state index in [-0.39, 0.29) is 0 Å². The molecule has 8 heteroatoms. The molecular formula is C16H12N6S2. The molecule has 4 rings (SSSR count). The van der Waals surface area contributed by atoms with E-state index in [9.17, 15) is 0 Å². The van der Waals surface area contributed by atoms with E-state index in [1.807, 2.05) is 53.9 Å². The molecule has 24 heavy (non-hydrogen) atoms. The van der Waals surface area contributed by atoms with Gasteiger partial charge in [0.1, 0.15) is 5.01 Å². The number of hydrogen-bond acceptors (Lipinski definition) is 7. The fourth-order valence-corrected chi connectivity index (χ4v) is 3.80. The van der Waals surface area contributed by atoms with Crippen molar-refractivity contribution in [2.45, 2.75) is 10.9 Å². The zero-order valence-electron chi connectivity index (χ0n) is 12.5. The molecule has 0 amide bonds. The van der Waals surface area contributed by atoms with Crippen molar-refractivity contribution in [2.75, 3.05) is 0 Å². The van der Waals surface area contributed by atoms with Crippen molar-refractivity contribution in [1.82, 2.24) is 30.2 Å². The molecule has 4 aromatic rings. The fourth-order valence-electron chi connectivity index (χ4n) is 2.12. The monoisotopic (exact) mass is 352 g/mol. The number of thiazole rings is 1. The number of aromatic nitrogens is 6. The Morgan fingerprint density at radius 3 is 2.75 bits per heavy atom. The summed E-state index contributed by atoms with van der Waals surface area (Å²) in [6, 6.07) is 15.7. The average Bonchev–Trinajstić information content (AvgIpc) is 3.31. The summed E-state index contributed by atoms with van der Waals surface area (Å²) in [5, 5.41) is 15.7. The molecule has 3 heterocycles. The van der Waals surface area contributed by atoms with Crippen LogP contribution in [0.25, 0.3) is 16.4 Å². The quantitative estimate of drug-likeness (QED) is 0.512. The highest BCUT2D eigenvalue weighted by molar-refractivity contribution is 7.98. The zero-order chi connectivity index (χ0) is 16.2. The van der Waals surface area contributed by atoms with Crippen LogP contribution in [0.3, 0.4) is 0 Å². The molecule has 0 bridgehead atoms. The molecule has 1 aromatic carbocycles. The lowest BCUT2D eigenvalue weighted by molar-refractivity contribution is 0.756. The number of thioether (sulfide) groups is 1. The molecule has 0 aliphatic heterocycles. The van der Waals surface area contributed by atoms with Crippen LogP contribution in [-0.2, 0) is 5.75 Å². The van der Waals surface area contributed by atoms with Crippen molar-refractivity contribution in [3.8, 4) is 16.4 Å². The summed E-state index contributed by atoms with van der Waals surface area (Å²) >= 11 is 3.16. The molecule has 0 N–H and O–H groups in total. The van der Waals surface area contributed by atoms with Gasteiger partial charge < -0.3 is 0 Å². The molecule has 118 valence electrons. The van der Waals surface area contributed by atoms with Gasteiger partial charge in [0, 0.05) is 17.3 Å². The average molecular weight is 352 g/mol. The molecule has 6 nitrogen and oxygen atoms in total. The third kappa shape index (κ3) is 3.19. The van der Waals surface area contributed by atoms with Crippen LogP contribution < -0.4 is 0 Å². The normalized spacial score (nSPS) is 10.8. The van der Waals surface area contributed by atoms with E-state index in [0.29, 0.717) is 5.75 Å². The highest BCUT2D eigenvalue weighted by Crippen LogP contribution is 2.26. The van der Waals surface area contributed by atoms with E-state index in [2.05, 4.69) is 25.5 Å². The van der Waals surface area contributed by atoms with E-state index < -0.39 is 0 Å². The molecule has 0 spiro atoms. The molecule has 0 saturated carbocycles. The molecule has 0 unspecified atom stereocenters. The second-order valence-electron chi connectivity index (χ2n) is 4.86. The van der Waals surface area contributed by atoms with Crippen LogP contribution in [0.15, 0.2) is 65.3 Å². The standard InChI is InChI=1S/C16H12N6S2/c1-2-6-13(7-3-1)22-16(19-20-21-22)24-11-12-10-23-15(18-12)14-8-4-5-9-17-14/h1-10H,11H2. The molecule has 0 saturated heterocycles. The second kappa shape index (κ2) is 6.90. The minimum atomic E-state index is 0.705. The van der Waals surface area contributed by atoms with E-state index in [1.54, 1.807) is 34.0 Å². The van der Waals surface area contributed by atoms with E-state index >= 15 is 0 Å². The first kappa shape index (κ1) is 15.0. The van der Waals surface area contributed by atoms with Crippen molar-refractivity contribution < 1.29 is 0 Å². The van der Waals surface area contributed by atoms with Gasteiger partial charge in [0.2, 0.25) is 5.16 Å². The van der Waals surface area contributed by atoms with Crippen molar-refractivity contribution in [2.24, 2.45) is 0 Å². The number of pyridine rings is 1. The number of nitrogens with zero attached hydrogens (tertiary/aromatic N) is 6. The van der Waals surface area contributed by atoms with Gasteiger partial charge in [0.25, 0.3) is 0 Å². The van der Waals surface area contributed by atoms with Gasteiger partial charge in [0.05, 0.1) is 17.1 Å². The van der Waals surface area contributed by atoms with Crippen molar-refractivity contribution in [3.63, 3.8) is 0 Å². The minimum Gasteiger partial charge on any atom is -0.254 e. The summed E-state index contributed by atoms with van der Waals surface area (Å²) in [5.41, 5.74) is 2.83. The maximum Gasteiger partial charge on any atom is 0.214 e. The Balaban J connectivity index is 1.49. The third-order valence-corrected chi connectivity index (χ3v) is 5.09. The predicted molar refractivity (Wildman–Crippen MR) is 94.1 cm³/mol. The SMILES string of the molecule is c1ccc(-n2nnnc2SCc2csc(-c3ccccn3)n2)cc1. The van der Waals surface area contributed by atoms with Gasteiger partial charge in [0.15, 0.2) is 0 Å². The van der Waals surface area contributed by atoms with E-state index in [0.717, 1.165) is 27.2 Å². The largest absolute Gasteiger partial charge is 0.254 e. The predicted octanol–water partition coefficient (Wildman–Crippen LogP) is 3.47. The molecule has 0 atom stereocenters. The molecule has 0 aliphatic rings. The Morgan fingerprint density at radius 1 is 1.04 bits per heavy atom. The van der Waals surface area contributed by atoms with Crippen LogP contribution in [0, 0.1) is 0 Å². The van der Waals surface area contributed by atoms with Gasteiger partial charge in [-0.15, -0.1) is 16.4 Å². The summed E-state index contributed by atoms with van der Waals surface area (Å²) in [4.78, 5) is 8.97. The Hall–Kier alpha value is -2.58. The number of tetrazole rings is 1.